The molecule has 1 aliphatic rings. The fraction of sp³-hybridized carbons (Fsp3) is 0.275. The van der Waals surface area contributed by atoms with E-state index in [9.17, 15) is 4.79 Å². The van der Waals surface area contributed by atoms with Crippen molar-refractivity contribution in [3.05, 3.63) is 103 Å². The number of benzene rings is 2. The van der Waals surface area contributed by atoms with Gasteiger partial charge in [-0.25, -0.2) is 24.9 Å². The molecule has 1 fully saturated rings. The van der Waals surface area contributed by atoms with E-state index in [2.05, 4.69) is 54.8 Å². The number of rotatable bonds is 9. The average molecular weight is 694 g/mol. The number of piperidine rings is 1. The molecule has 264 valence electrons. The number of nitriles is 1. The zero-order valence-electron chi connectivity index (χ0n) is 29.9. The molecule has 0 spiro atoms. The number of nitrogen functional groups attached to an aromatic ring is 1. The van der Waals surface area contributed by atoms with Crippen molar-refractivity contribution < 1.29 is 4.79 Å². The number of hydrogen-bond acceptors (Lipinski definition) is 10. The number of pyridine rings is 2. The Hall–Kier alpha value is -6.19. The monoisotopic (exact) mass is 693 g/mol. The van der Waals surface area contributed by atoms with Crippen LogP contribution in [0, 0.1) is 17.2 Å². The molecule has 2 aromatic carbocycles. The summed E-state index contributed by atoms with van der Waals surface area (Å²) in [5, 5.41) is 15.5. The number of aromatic nitrogens is 6. The number of anilines is 3. The Morgan fingerprint density at radius 2 is 1.73 bits per heavy atom. The lowest BCUT2D eigenvalue weighted by Gasteiger charge is -2.32. The molecule has 0 unspecified atom stereocenters. The number of carbonyl (C=O) groups excluding carboxylic acids is 1. The van der Waals surface area contributed by atoms with E-state index in [1.165, 1.54) is 5.56 Å². The molecule has 52 heavy (non-hydrogen) atoms. The number of carbonyl (C=O) groups is 1. The molecule has 1 saturated heterocycles. The summed E-state index contributed by atoms with van der Waals surface area (Å²) in [5.74, 6) is 1.74. The molecular weight excluding hydrogens is 651 g/mol. The van der Waals surface area contributed by atoms with E-state index in [0.717, 1.165) is 66.2 Å². The first-order valence-electron chi connectivity index (χ1n) is 17.7. The molecule has 6 aromatic rings. The maximum absolute atomic E-state index is 12.4. The van der Waals surface area contributed by atoms with Crippen molar-refractivity contribution in [3.63, 3.8) is 0 Å². The van der Waals surface area contributed by atoms with Crippen LogP contribution in [0.25, 0.3) is 39.5 Å². The zero-order chi connectivity index (χ0) is 36.6. The van der Waals surface area contributed by atoms with Crippen molar-refractivity contribution in [2.75, 3.05) is 29.5 Å². The number of likely N-dealkylation sites (tertiary alicyclic amines) is 1. The van der Waals surface area contributed by atoms with Crippen LogP contribution in [0.5, 0.6) is 0 Å². The minimum absolute atomic E-state index is 0.0400. The third-order valence-electron chi connectivity index (χ3n) is 8.83. The van der Waals surface area contributed by atoms with Crippen LogP contribution in [0.15, 0.2) is 91.3 Å². The summed E-state index contributed by atoms with van der Waals surface area (Å²) in [6, 6.07) is 28.0. The molecule has 4 aromatic heterocycles. The van der Waals surface area contributed by atoms with E-state index in [-0.39, 0.29) is 17.6 Å². The molecule has 0 bridgehead atoms. The standard InChI is InChI=1S/C38H37N11O.C2H6/c1-24(2)38(50)44-28-6-3-5-26(21-28)31-12-13-32-37(45-31)49(36(46-32)30-7-4-17-42-35(30)40)29-10-8-25(9-11-29)23-48-19-15-27(16-20-48)43-33-14-18-41-34(22-39)47-33;1-2/h3-14,17-18,21,24,27H,15-16,19-20,23H2,1-2H3,(H2,40,42)(H,44,50)(H,41,43,47);1-2H3. The first-order valence-corrected chi connectivity index (χ1v) is 17.7. The third kappa shape index (κ3) is 8.06. The van der Waals surface area contributed by atoms with Gasteiger partial charge in [0.15, 0.2) is 11.5 Å². The first kappa shape index (κ1) is 35.6. The minimum atomic E-state index is -0.127. The Labute approximate surface area is 303 Å². The van der Waals surface area contributed by atoms with E-state index in [1.54, 1.807) is 18.5 Å². The lowest BCUT2D eigenvalue weighted by Crippen LogP contribution is -2.38. The quantitative estimate of drug-likeness (QED) is 0.142. The highest BCUT2D eigenvalue weighted by Crippen LogP contribution is 2.32. The van der Waals surface area contributed by atoms with Gasteiger partial charge in [0, 0.05) is 60.9 Å². The van der Waals surface area contributed by atoms with Gasteiger partial charge in [-0.2, -0.15) is 5.26 Å². The van der Waals surface area contributed by atoms with Crippen LogP contribution in [-0.4, -0.2) is 59.4 Å². The van der Waals surface area contributed by atoms with Gasteiger partial charge in [-0.05, 0) is 73.0 Å². The molecule has 12 heteroatoms. The van der Waals surface area contributed by atoms with Crippen LogP contribution < -0.4 is 16.4 Å². The molecule has 12 nitrogen and oxygen atoms in total. The number of amides is 1. The van der Waals surface area contributed by atoms with Gasteiger partial charge in [0.25, 0.3) is 0 Å². The van der Waals surface area contributed by atoms with Gasteiger partial charge in [0.05, 0.1) is 11.3 Å². The molecule has 0 aliphatic carbocycles. The molecule has 4 N–H and O–H groups in total. The van der Waals surface area contributed by atoms with Crippen LogP contribution >= 0.6 is 0 Å². The van der Waals surface area contributed by atoms with Gasteiger partial charge in [0.2, 0.25) is 11.7 Å². The highest BCUT2D eigenvalue weighted by molar-refractivity contribution is 5.93. The van der Waals surface area contributed by atoms with Crippen LogP contribution in [0.2, 0.25) is 0 Å². The average Bonchev–Trinajstić information content (AvgIpc) is 3.55. The topological polar surface area (TPSA) is 164 Å². The fourth-order valence-corrected chi connectivity index (χ4v) is 6.14. The maximum Gasteiger partial charge on any atom is 0.234 e. The van der Waals surface area contributed by atoms with Crippen LogP contribution in [-0.2, 0) is 11.3 Å². The third-order valence-corrected chi connectivity index (χ3v) is 8.83. The Morgan fingerprint density at radius 3 is 2.46 bits per heavy atom. The van der Waals surface area contributed by atoms with Crippen molar-refractivity contribution in [1.82, 2.24) is 34.4 Å². The summed E-state index contributed by atoms with van der Waals surface area (Å²) in [7, 11) is 0. The number of nitrogens with one attached hydrogen (secondary N) is 2. The summed E-state index contributed by atoms with van der Waals surface area (Å²) in [5.41, 5.74) is 13.0. The Morgan fingerprint density at radius 1 is 0.942 bits per heavy atom. The molecule has 1 aliphatic heterocycles. The van der Waals surface area contributed by atoms with E-state index in [4.69, 9.17) is 21.0 Å². The second-order valence-electron chi connectivity index (χ2n) is 12.7. The van der Waals surface area contributed by atoms with Gasteiger partial charge < -0.3 is 16.4 Å². The summed E-state index contributed by atoms with van der Waals surface area (Å²) in [4.78, 5) is 37.4. The van der Waals surface area contributed by atoms with Gasteiger partial charge in [-0.3, -0.25) is 14.3 Å². The summed E-state index contributed by atoms with van der Waals surface area (Å²) >= 11 is 0. The summed E-state index contributed by atoms with van der Waals surface area (Å²) in [6.45, 7) is 10.5. The molecule has 0 radical (unpaired) electrons. The van der Waals surface area contributed by atoms with Crippen LogP contribution in [0.4, 0.5) is 17.3 Å². The Bertz CT molecular complexity index is 2200. The highest BCUT2D eigenvalue weighted by Gasteiger charge is 2.21. The number of nitrogens with zero attached hydrogens (tertiary/aromatic N) is 8. The van der Waals surface area contributed by atoms with Gasteiger partial charge >= 0.3 is 0 Å². The molecule has 7 rings (SSSR count). The van der Waals surface area contributed by atoms with Crippen LogP contribution in [0.3, 0.4) is 0 Å². The first-order chi connectivity index (χ1) is 25.3. The van der Waals surface area contributed by atoms with Crippen molar-refractivity contribution in [2.24, 2.45) is 5.92 Å². The molecular formula is C40H43N11O. The number of hydrogen-bond donors (Lipinski definition) is 3. The van der Waals surface area contributed by atoms with Crippen molar-refractivity contribution in [1.29, 1.82) is 5.26 Å². The normalized spacial score (nSPS) is 13.3. The zero-order valence-corrected chi connectivity index (χ0v) is 29.9. The predicted molar refractivity (Wildman–Crippen MR) is 205 cm³/mol. The molecule has 0 atom stereocenters. The van der Waals surface area contributed by atoms with E-state index >= 15 is 0 Å². The number of imidazole rings is 1. The van der Waals surface area contributed by atoms with Crippen molar-refractivity contribution in [3.8, 4) is 34.4 Å². The van der Waals surface area contributed by atoms with Crippen molar-refractivity contribution >= 4 is 34.4 Å². The van der Waals surface area contributed by atoms with E-state index < -0.39 is 0 Å². The summed E-state index contributed by atoms with van der Waals surface area (Å²) in [6.07, 6.45) is 5.23. The second-order valence-corrected chi connectivity index (χ2v) is 12.7. The van der Waals surface area contributed by atoms with Gasteiger partial charge in [0.1, 0.15) is 23.2 Å². The largest absolute Gasteiger partial charge is 0.383 e. The van der Waals surface area contributed by atoms with E-state index in [1.807, 2.05) is 86.9 Å². The smallest absolute Gasteiger partial charge is 0.234 e. The number of nitrogens with two attached hydrogens (primary N) is 1. The molecule has 5 heterocycles. The second kappa shape index (κ2) is 16.2. The summed E-state index contributed by atoms with van der Waals surface area (Å²) < 4.78 is 2.03. The van der Waals surface area contributed by atoms with Gasteiger partial charge in [-0.15, -0.1) is 0 Å². The maximum atomic E-state index is 12.4. The SMILES string of the molecule is CC.CC(C)C(=O)Nc1cccc(-c2ccc3nc(-c4cccnc4N)n(-c4ccc(CN5CCC(Nc6ccnc(C#N)n6)CC5)cc4)c3n2)c1. The van der Waals surface area contributed by atoms with Crippen molar-refractivity contribution in [2.45, 2.75) is 53.1 Å². The highest BCUT2D eigenvalue weighted by atomic mass is 16.1. The fourth-order valence-electron chi connectivity index (χ4n) is 6.14. The Balaban J connectivity index is 0.00000228. The van der Waals surface area contributed by atoms with E-state index in [0.29, 0.717) is 29.1 Å². The lowest BCUT2D eigenvalue weighted by molar-refractivity contribution is -0.118. The predicted octanol–water partition coefficient (Wildman–Crippen LogP) is 7.09. The molecule has 1 amide bonds. The molecule has 0 saturated carbocycles. The Kier molecular flexibility index (Phi) is 11.1. The van der Waals surface area contributed by atoms with Crippen LogP contribution in [0.1, 0.15) is 51.9 Å². The lowest BCUT2D eigenvalue weighted by atomic mass is 10.0. The number of fused-ring (bicyclic) bond motifs is 1. The minimum Gasteiger partial charge on any atom is -0.383 e. The van der Waals surface area contributed by atoms with Gasteiger partial charge in [-0.1, -0.05) is 52.0 Å².